The second-order valence-electron chi connectivity index (χ2n) is 8.54. The van der Waals surface area contributed by atoms with E-state index >= 15 is 0 Å². The van der Waals surface area contributed by atoms with E-state index in [9.17, 15) is 0 Å². The molecule has 2 aromatic rings. The van der Waals surface area contributed by atoms with E-state index in [1.807, 2.05) is 7.05 Å². The van der Waals surface area contributed by atoms with Gasteiger partial charge in [0.15, 0.2) is 5.96 Å². The molecule has 1 fully saturated rings. The minimum absolute atomic E-state index is 0. The molecule has 32 heavy (non-hydrogen) atoms. The molecule has 0 atom stereocenters. The number of piperazine rings is 1. The summed E-state index contributed by atoms with van der Waals surface area (Å²) in [5.74, 6) is 1.88. The third-order valence-electron chi connectivity index (χ3n) is 6.17. The van der Waals surface area contributed by atoms with Gasteiger partial charge in [-0.15, -0.1) is 24.0 Å². The monoisotopic (exact) mass is 549 g/mol. The number of likely N-dealkylation sites (N-methyl/N-ethyl adjacent to an activating group) is 1. The molecule has 4 rings (SSSR count). The predicted octanol–water partition coefficient (Wildman–Crippen LogP) is 2.89. The van der Waals surface area contributed by atoms with Crippen LogP contribution in [0.15, 0.2) is 47.5 Å². The van der Waals surface area contributed by atoms with E-state index in [0.29, 0.717) is 0 Å². The van der Waals surface area contributed by atoms with Crippen molar-refractivity contribution in [2.24, 2.45) is 4.99 Å². The molecule has 0 aliphatic carbocycles. The van der Waals surface area contributed by atoms with Crippen LogP contribution in [0.5, 0.6) is 5.75 Å². The van der Waals surface area contributed by atoms with E-state index in [0.717, 1.165) is 77.0 Å². The highest BCUT2D eigenvalue weighted by molar-refractivity contribution is 14.0. The summed E-state index contributed by atoms with van der Waals surface area (Å²) >= 11 is 0. The van der Waals surface area contributed by atoms with Crippen molar-refractivity contribution in [2.45, 2.75) is 25.9 Å². The molecule has 7 heteroatoms. The van der Waals surface area contributed by atoms with Crippen molar-refractivity contribution in [3.63, 3.8) is 0 Å². The molecule has 2 aliphatic rings. The lowest BCUT2D eigenvalue weighted by atomic mass is 10.1. The molecular weight excluding hydrogens is 513 g/mol. The Balaban J connectivity index is 0.00000289. The Morgan fingerprint density at radius 1 is 0.969 bits per heavy atom. The first kappa shape index (κ1) is 24.8. The maximum absolute atomic E-state index is 5.59. The Hall–Kier alpha value is -1.84. The number of nitrogens with one attached hydrogen (secondary N) is 2. The maximum Gasteiger partial charge on any atom is 0.191 e. The Labute approximate surface area is 209 Å². The third-order valence-corrected chi connectivity index (χ3v) is 6.17. The topological polar surface area (TPSA) is 52.1 Å². The second kappa shape index (κ2) is 12.4. The number of guanidine groups is 1. The average Bonchev–Trinajstić information content (AvgIpc) is 3.26. The van der Waals surface area contributed by atoms with E-state index < -0.39 is 0 Å². The van der Waals surface area contributed by atoms with Gasteiger partial charge in [0, 0.05) is 59.3 Å². The molecule has 174 valence electrons. The standard InChI is InChI=1S/C25H35N5O.HI/c1-26-25(27-11-9-20-7-8-24-23(17-20)10-16-31-24)28-18-21-3-5-22(6-4-21)19-30-14-12-29(2)13-15-30;/h3-8,17H,9-16,18-19H2,1-2H3,(H2,26,27,28);1H. The first-order valence-electron chi connectivity index (χ1n) is 11.4. The predicted molar refractivity (Wildman–Crippen MR) is 142 cm³/mol. The lowest BCUT2D eigenvalue weighted by Gasteiger charge is -2.32. The van der Waals surface area contributed by atoms with Crippen molar-refractivity contribution in [3.05, 3.63) is 64.7 Å². The van der Waals surface area contributed by atoms with E-state index in [-0.39, 0.29) is 24.0 Å². The molecule has 0 bridgehead atoms. The molecule has 6 nitrogen and oxygen atoms in total. The average molecular weight is 550 g/mol. The molecule has 2 aromatic carbocycles. The number of aliphatic imine (C=N–C) groups is 1. The minimum atomic E-state index is 0. The Morgan fingerprint density at radius 3 is 2.44 bits per heavy atom. The number of ether oxygens (including phenoxy) is 1. The van der Waals surface area contributed by atoms with Crippen LogP contribution in [0.25, 0.3) is 0 Å². The Morgan fingerprint density at radius 2 is 1.69 bits per heavy atom. The second-order valence-corrected chi connectivity index (χ2v) is 8.54. The van der Waals surface area contributed by atoms with E-state index in [1.54, 1.807) is 0 Å². The van der Waals surface area contributed by atoms with E-state index in [2.05, 4.69) is 74.9 Å². The summed E-state index contributed by atoms with van der Waals surface area (Å²) in [6.45, 7) is 8.10. The van der Waals surface area contributed by atoms with Gasteiger partial charge in [0.2, 0.25) is 0 Å². The highest BCUT2D eigenvalue weighted by Crippen LogP contribution is 2.25. The van der Waals surface area contributed by atoms with Gasteiger partial charge in [0.1, 0.15) is 5.75 Å². The van der Waals surface area contributed by atoms with Crippen LogP contribution >= 0.6 is 24.0 Å². The number of halogens is 1. The summed E-state index contributed by atoms with van der Waals surface area (Å²) in [5, 5.41) is 6.84. The van der Waals surface area contributed by atoms with Gasteiger partial charge in [-0.2, -0.15) is 0 Å². The quantitative estimate of drug-likeness (QED) is 0.316. The summed E-state index contributed by atoms with van der Waals surface area (Å²) < 4.78 is 5.59. The van der Waals surface area contributed by atoms with Gasteiger partial charge in [0.05, 0.1) is 6.61 Å². The van der Waals surface area contributed by atoms with Crippen LogP contribution in [-0.4, -0.2) is 69.2 Å². The number of hydrogen-bond acceptors (Lipinski definition) is 4. The summed E-state index contributed by atoms with van der Waals surface area (Å²) in [6.07, 6.45) is 1.99. The van der Waals surface area contributed by atoms with Crippen LogP contribution in [0.3, 0.4) is 0 Å². The van der Waals surface area contributed by atoms with Gasteiger partial charge in [-0.05, 0) is 41.8 Å². The lowest BCUT2D eigenvalue weighted by Crippen LogP contribution is -2.43. The zero-order chi connectivity index (χ0) is 21.5. The van der Waals surface area contributed by atoms with Crippen LogP contribution in [0.4, 0.5) is 0 Å². The number of nitrogens with zero attached hydrogens (tertiary/aromatic N) is 3. The number of fused-ring (bicyclic) bond motifs is 1. The van der Waals surface area contributed by atoms with Crippen molar-refractivity contribution < 1.29 is 4.74 Å². The normalized spacial score (nSPS) is 16.8. The minimum Gasteiger partial charge on any atom is -0.493 e. The van der Waals surface area contributed by atoms with Gasteiger partial charge in [0.25, 0.3) is 0 Å². The van der Waals surface area contributed by atoms with Gasteiger partial charge < -0.3 is 20.3 Å². The zero-order valence-corrected chi connectivity index (χ0v) is 21.6. The molecule has 0 radical (unpaired) electrons. The summed E-state index contributed by atoms with van der Waals surface area (Å²) in [5.41, 5.74) is 5.32. The zero-order valence-electron chi connectivity index (χ0n) is 19.3. The van der Waals surface area contributed by atoms with Gasteiger partial charge in [-0.3, -0.25) is 9.89 Å². The number of rotatable bonds is 7. The first-order valence-corrected chi connectivity index (χ1v) is 11.4. The number of hydrogen-bond donors (Lipinski definition) is 2. The Kier molecular flexibility index (Phi) is 9.62. The lowest BCUT2D eigenvalue weighted by molar-refractivity contribution is 0.148. The van der Waals surface area contributed by atoms with E-state index in [4.69, 9.17) is 4.74 Å². The molecule has 2 aliphatic heterocycles. The maximum atomic E-state index is 5.59. The fraction of sp³-hybridized carbons (Fsp3) is 0.480. The summed E-state index contributed by atoms with van der Waals surface area (Å²) in [4.78, 5) is 9.29. The highest BCUT2D eigenvalue weighted by atomic mass is 127. The molecule has 0 amide bonds. The summed E-state index contributed by atoms with van der Waals surface area (Å²) in [7, 11) is 4.02. The third kappa shape index (κ3) is 7.08. The molecule has 1 saturated heterocycles. The fourth-order valence-electron chi connectivity index (χ4n) is 4.15. The van der Waals surface area contributed by atoms with Crippen molar-refractivity contribution in [1.29, 1.82) is 0 Å². The van der Waals surface area contributed by atoms with Crippen LogP contribution in [-0.2, 0) is 25.9 Å². The molecule has 0 aromatic heterocycles. The van der Waals surface area contributed by atoms with Crippen LogP contribution in [0.1, 0.15) is 22.3 Å². The SMILES string of the molecule is CN=C(NCCc1ccc2c(c1)CCO2)NCc1ccc(CN2CCN(C)CC2)cc1.I. The largest absolute Gasteiger partial charge is 0.493 e. The van der Waals surface area contributed by atoms with Gasteiger partial charge >= 0.3 is 0 Å². The smallest absolute Gasteiger partial charge is 0.191 e. The van der Waals surface area contributed by atoms with Crippen LogP contribution in [0.2, 0.25) is 0 Å². The molecule has 2 N–H and O–H groups in total. The molecule has 2 heterocycles. The molecule has 0 saturated carbocycles. The van der Waals surface area contributed by atoms with Crippen molar-refractivity contribution in [1.82, 2.24) is 20.4 Å². The molecule has 0 unspecified atom stereocenters. The van der Waals surface area contributed by atoms with Crippen molar-refractivity contribution >= 4 is 29.9 Å². The van der Waals surface area contributed by atoms with Crippen molar-refractivity contribution in [3.8, 4) is 5.75 Å². The van der Waals surface area contributed by atoms with Crippen molar-refractivity contribution in [2.75, 3.05) is 53.4 Å². The van der Waals surface area contributed by atoms with Crippen LogP contribution < -0.4 is 15.4 Å². The summed E-state index contributed by atoms with van der Waals surface area (Å²) in [6, 6.07) is 15.5. The first-order chi connectivity index (χ1) is 15.2. The van der Waals surface area contributed by atoms with E-state index in [1.165, 1.54) is 22.3 Å². The Bertz CT molecular complexity index is 878. The molecule has 0 spiro atoms. The van der Waals surface area contributed by atoms with Gasteiger partial charge in [-0.1, -0.05) is 36.4 Å². The van der Waals surface area contributed by atoms with Crippen LogP contribution in [0, 0.1) is 0 Å². The highest BCUT2D eigenvalue weighted by Gasteiger charge is 2.14. The van der Waals surface area contributed by atoms with Gasteiger partial charge in [-0.25, -0.2) is 0 Å². The fourth-order valence-corrected chi connectivity index (χ4v) is 4.15. The number of benzene rings is 2. The molecular formula is C25H36IN5O.